The highest BCUT2D eigenvalue weighted by Crippen LogP contribution is 2.37. The van der Waals surface area contributed by atoms with E-state index < -0.39 is 11.2 Å². The number of aromatic nitrogens is 3. The number of hydrogen-bond donors (Lipinski definition) is 2. The van der Waals surface area contributed by atoms with Gasteiger partial charge in [-0.15, -0.1) is 0 Å². The lowest BCUT2D eigenvalue weighted by molar-refractivity contribution is -0.0328. The van der Waals surface area contributed by atoms with Gasteiger partial charge in [0.15, 0.2) is 0 Å². The molecule has 0 amide bonds. The number of halogens is 3. The Balaban J connectivity index is 1.70. The number of benzene rings is 2. The molecule has 0 aliphatic rings. The average Bonchev–Trinajstić information content (AvgIpc) is 2.97. The lowest BCUT2D eigenvalue weighted by Gasteiger charge is -2.10. The second kappa shape index (κ2) is 7.45. The summed E-state index contributed by atoms with van der Waals surface area (Å²) in [6.07, 6.45) is 2.77. The van der Waals surface area contributed by atoms with Crippen LogP contribution < -0.4 is 11.4 Å². The monoisotopic (exact) mass is 432 g/mol. The number of anilines is 1. The van der Waals surface area contributed by atoms with Gasteiger partial charge in [-0.2, -0.15) is 13.2 Å². The van der Waals surface area contributed by atoms with Crippen LogP contribution in [0.1, 0.15) is 5.56 Å². The predicted molar refractivity (Wildman–Crippen MR) is 109 cm³/mol. The van der Waals surface area contributed by atoms with Crippen molar-refractivity contribution in [3.05, 3.63) is 77.0 Å². The lowest BCUT2D eigenvalue weighted by Crippen LogP contribution is -2.24. The Morgan fingerprint density at radius 1 is 1.10 bits per heavy atom. The first-order chi connectivity index (χ1) is 14.2. The van der Waals surface area contributed by atoms with E-state index in [4.69, 9.17) is 5.73 Å². The summed E-state index contributed by atoms with van der Waals surface area (Å²) in [6.45, 7) is 0.0935. The molecule has 2 heterocycles. The van der Waals surface area contributed by atoms with Crippen LogP contribution in [-0.4, -0.2) is 24.7 Å². The van der Waals surface area contributed by atoms with Crippen molar-refractivity contribution in [3.8, 4) is 11.6 Å². The van der Waals surface area contributed by atoms with Crippen LogP contribution >= 0.6 is 11.8 Å². The molecule has 0 bridgehead atoms. The van der Waals surface area contributed by atoms with E-state index in [0.29, 0.717) is 11.3 Å². The van der Waals surface area contributed by atoms with Crippen LogP contribution in [0.2, 0.25) is 0 Å². The topological polar surface area (TPSA) is 86.1 Å². The van der Waals surface area contributed by atoms with Crippen molar-refractivity contribution in [2.24, 2.45) is 0 Å². The molecule has 0 saturated carbocycles. The van der Waals surface area contributed by atoms with Crippen molar-refractivity contribution in [3.63, 3.8) is 0 Å². The predicted octanol–water partition coefficient (Wildman–Crippen LogP) is 4.14. The second-order valence-electron chi connectivity index (χ2n) is 6.48. The van der Waals surface area contributed by atoms with Gasteiger partial charge in [0.1, 0.15) is 0 Å². The lowest BCUT2D eigenvalue weighted by atomic mass is 10.1. The summed E-state index contributed by atoms with van der Waals surface area (Å²) in [6, 6.07) is 12.5. The van der Waals surface area contributed by atoms with Gasteiger partial charge in [0.25, 0.3) is 0 Å². The van der Waals surface area contributed by atoms with Crippen LogP contribution in [0.5, 0.6) is 5.88 Å². The number of imidazole rings is 1. The molecule has 0 radical (unpaired) electrons. The van der Waals surface area contributed by atoms with E-state index in [2.05, 4.69) is 4.98 Å². The standard InChI is InChI=1S/C20H15F3N4O2S/c21-20(22,23)30-13-7-5-12(6-8-13)27-18(28)11-26(19(27)29)10-15-14-3-1-2-4-17(14)25-9-16(15)24/h1-9,11,28H,10,24H2. The molecule has 30 heavy (non-hydrogen) atoms. The molecule has 0 unspecified atom stereocenters. The molecule has 3 N–H and O–H groups in total. The summed E-state index contributed by atoms with van der Waals surface area (Å²) in [5.74, 6) is -0.340. The molecule has 0 atom stereocenters. The molecule has 0 aliphatic carbocycles. The maximum absolute atomic E-state index is 12.9. The first-order valence-corrected chi connectivity index (χ1v) is 9.54. The maximum atomic E-state index is 12.9. The van der Waals surface area contributed by atoms with Crippen LogP contribution in [0.4, 0.5) is 18.9 Å². The summed E-state index contributed by atoms with van der Waals surface area (Å²) in [5.41, 5.74) is 3.15. The molecular formula is C20H15F3N4O2S. The number of nitrogens with zero attached hydrogens (tertiary/aromatic N) is 3. The highest BCUT2D eigenvalue weighted by atomic mass is 32.2. The first-order valence-electron chi connectivity index (χ1n) is 8.72. The van der Waals surface area contributed by atoms with Gasteiger partial charge < -0.3 is 10.8 Å². The van der Waals surface area contributed by atoms with Crippen molar-refractivity contribution in [2.45, 2.75) is 16.9 Å². The summed E-state index contributed by atoms with van der Waals surface area (Å²) in [4.78, 5) is 17.1. The number of aromatic hydroxyl groups is 1. The number of rotatable bonds is 4. The fourth-order valence-corrected chi connectivity index (χ4v) is 3.73. The van der Waals surface area contributed by atoms with Crippen LogP contribution in [-0.2, 0) is 6.54 Å². The van der Waals surface area contributed by atoms with Crippen molar-refractivity contribution in [2.75, 3.05) is 5.73 Å². The number of para-hydroxylation sites is 1. The van der Waals surface area contributed by atoms with Gasteiger partial charge in [0.05, 0.1) is 35.8 Å². The van der Waals surface area contributed by atoms with E-state index in [1.54, 1.807) is 0 Å². The highest BCUT2D eigenvalue weighted by Gasteiger charge is 2.29. The highest BCUT2D eigenvalue weighted by molar-refractivity contribution is 8.00. The minimum atomic E-state index is -4.41. The van der Waals surface area contributed by atoms with E-state index in [0.717, 1.165) is 15.5 Å². The Labute approximate surface area is 172 Å². The summed E-state index contributed by atoms with van der Waals surface area (Å²) >= 11 is -0.252. The molecule has 0 saturated heterocycles. The zero-order chi connectivity index (χ0) is 21.5. The van der Waals surface area contributed by atoms with Crippen LogP contribution in [0.15, 0.2) is 70.6 Å². The van der Waals surface area contributed by atoms with Crippen molar-refractivity contribution < 1.29 is 18.3 Å². The number of nitrogens with two attached hydrogens (primary N) is 1. The van der Waals surface area contributed by atoms with Crippen LogP contribution in [0.25, 0.3) is 16.6 Å². The summed E-state index contributed by atoms with van der Waals surface area (Å²) in [7, 11) is 0. The largest absolute Gasteiger partial charge is 0.493 e. The third-order valence-corrected chi connectivity index (χ3v) is 5.25. The number of hydrogen-bond acceptors (Lipinski definition) is 5. The van der Waals surface area contributed by atoms with E-state index in [9.17, 15) is 23.1 Å². The molecule has 2 aromatic carbocycles. The minimum absolute atomic E-state index is 0.0192. The Bertz CT molecular complexity index is 1280. The van der Waals surface area contributed by atoms with E-state index in [-0.39, 0.29) is 34.8 Å². The smallest absolute Gasteiger partial charge is 0.446 e. The minimum Gasteiger partial charge on any atom is -0.493 e. The van der Waals surface area contributed by atoms with Crippen LogP contribution in [0.3, 0.4) is 0 Å². The Morgan fingerprint density at radius 2 is 1.80 bits per heavy atom. The zero-order valence-corrected chi connectivity index (χ0v) is 16.1. The van der Waals surface area contributed by atoms with Crippen molar-refractivity contribution >= 4 is 28.4 Å². The fraction of sp³-hybridized carbons (Fsp3) is 0.100. The maximum Gasteiger partial charge on any atom is 0.446 e. The molecule has 154 valence electrons. The number of nitrogen functional groups attached to an aromatic ring is 1. The Kier molecular flexibility index (Phi) is 4.94. The first kappa shape index (κ1) is 19.9. The SMILES string of the molecule is Nc1cnc2ccccc2c1Cn1cc(O)n(-c2ccc(SC(F)(F)F)cc2)c1=O. The molecule has 0 fully saturated rings. The van der Waals surface area contributed by atoms with Gasteiger partial charge in [0, 0.05) is 15.8 Å². The molecule has 2 aromatic heterocycles. The van der Waals surface area contributed by atoms with E-state index in [1.807, 2.05) is 24.3 Å². The van der Waals surface area contributed by atoms with E-state index in [1.165, 1.54) is 41.2 Å². The van der Waals surface area contributed by atoms with Gasteiger partial charge in [-0.1, -0.05) is 18.2 Å². The van der Waals surface area contributed by atoms with Crippen molar-refractivity contribution in [1.82, 2.24) is 14.1 Å². The van der Waals surface area contributed by atoms with Gasteiger partial charge in [-0.25, -0.2) is 9.36 Å². The van der Waals surface area contributed by atoms with Gasteiger partial charge in [-0.3, -0.25) is 9.55 Å². The van der Waals surface area contributed by atoms with Crippen LogP contribution in [0, 0.1) is 0 Å². The average molecular weight is 432 g/mol. The quantitative estimate of drug-likeness (QED) is 0.474. The van der Waals surface area contributed by atoms with Gasteiger partial charge in [-0.05, 0) is 42.1 Å². The fourth-order valence-electron chi connectivity index (χ4n) is 3.19. The molecule has 10 heteroatoms. The number of thioether (sulfide) groups is 1. The molecule has 4 rings (SSSR count). The third-order valence-electron chi connectivity index (χ3n) is 4.51. The molecular weight excluding hydrogens is 417 g/mol. The molecule has 6 nitrogen and oxygen atoms in total. The molecule has 0 aliphatic heterocycles. The number of pyridine rings is 1. The second-order valence-corrected chi connectivity index (χ2v) is 7.62. The molecule has 4 aromatic rings. The number of fused-ring (bicyclic) bond motifs is 1. The van der Waals surface area contributed by atoms with Crippen molar-refractivity contribution in [1.29, 1.82) is 0 Å². The number of alkyl halides is 3. The normalized spacial score (nSPS) is 11.8. The Hall–Kier alpha value is -3.40. The third kappa shape index (κ3) is 3.86. The van der Waals surface area contributed by atoms with E-state index >= 15 is 0 Å². The zero-order valence-electron chi connectivity index (χ0n) is 15.3. The molecule has 0 spiro atoms. The summed E-state index contributed by atoms with van der Waals surface area (Å²) < 4.78 is 39.8. The summed E-state index contributed by atoms with van der Waals surface area (Å²) in [5, 5.41) is 11.1. The van der Waals surface area contributed by atoms with Gasteiger partial charge >= 0.3 is 11.2 Å². The Morgan fingerprint density at radius 3 is 2.50 bits per heavy atom. The van der Waals surface area contributed by atoms with Gasteiger partial charge in [0.2, 0.25) is 5.88 Å².